The van der Waals surface area contributed by atoms with Crippen molar-refractivity contribution in [1.29, 1.82) is 0 Å². The number of aromatic nitrogens is 2. The largest absolute Gasteiger partial charge is 0.494 e. The zero-order valence-electron chi connectivity index (χ0n) is 17.9. The maximum atomic E-state index is 5.57. The van der Waals surface area contributed by atoms with Gasteiger partial charge in [-0.1, -0.05) is 26.0 Å². The Balaban J connectivity index is 0.00000392. The molecule has 0 atom stereocenters. The fraction of sp³-hybridized carbons (Fsp3) is 0.524. The number of hydrogen-bond acceptors (Lipinski definition) is 3. The Morgan fingerprint density at radius 1 is 1.36 bits per heavy atom. The van der Waals surface area contributed by atoms with Crippen LogP contribution in [-0.2, 0) is 20.0 Å². The van der Waals surface area contributed by atoms with Crippen molar-refractivity contribution in [2.24, 2.45) is 12.0 Å². The van der Waals surface area contributed by atoms with Crippen molar-refractivity contribution in [3.63, 3.8) is 0 Å². The van der Waals surface area contributed by atoms with Gasteiger partial charge in [0.05, 0.1) is 12.3 Å². The summed E-state index contributed by atoms with van der Waals surface area (Å²) in [6.45, 7) is 8.63. The second kappa shape index (κ2) is 11.9. The van der Waals surface area contributed by atoms with Gasteiger partial charge in [0.15, 0.2) is 5.96 Å². The molecule has 1 aromatic carbocycles. The third-order valence-corrected chi connectivity index (χ3v) is 4.37. The van der Waals surface area contributed by atoms with Gasteiger partial charge in [0.2, 0.25) is 0 Å². The van der Waals surface area contributed by atoms with E-state index in [2.05, 4.69) is 59.5 Å². The molecule has 0 aliphatic heterocycles. The molecule has 1 N–H and O–H groups in total. The fourth-order valence-electron chi connectivity index (χ4n) is 3.15. The Morgan fingerprint density at radius 2 is 2.11 bits per heavy atom. The van der Waals surface area contributed by atoms with Crippen LogP contribution in [0.5, 0.6) is 5.75 Å². The third-order valence-electron chi connectivity index (χ3n) is 4.37. The van der Waals surface area contributed by atoms with Gasteiger partial charge in [0.1, 0.15) is 5.75 Å². The molecule has 0 saturated carbocycles. The molecule has 28 heavy (non-hydrogen) atoms. The molecule has 0 unspecified atom stereocenters. The van der Waals surface area contributed by atoms with Crippen molar-refractivity contribution in [2.45, 2.75) is 39.7 Å². The Bertz CT molecular complexity index is 757. The molecule has 6 nitrogen and oxygen atoms in total. The molecule has 0 bridgehead atoms. The first-order valence-electron chi connectivity index (χ1n) is 9.60. The summed E-state index contributed by atoms with van der Waals surface area (Å²) in [6.07, 6.45) is 3.01. The van der Waals surface area contributed by atoms with E-state index in [1.54, 1.807) is 0 Å². The minimum absolute atomic E-state index is 0. The molecular formula is C21H34IN5O. The van der Waals surface area contributed by atoms with E-state index in [0.717, 1.165) is 36.9 Å². The maximum absolute atomic E-state index is 5.57. The number of rotatable bonds is 8. The minimum atomic E-state index is 0. The molecule has 2 aromatic rings. The van der Waals surface area contributed by atoms with Crippen LogP contribution >= 0.6 is 24.0 Å². The number of ether oxygens (including phenoxy) is 1. The normalized spacial score (nSPS) is 11.3. The molecule has 2 rings (SSSR count). The highest BCUT2D eigenvalue weighted by molar-refractivity contribution is 14.0. The number of nitrogens with zero attached hydrogens (tertiary/aromatic N) is 4. The summed E-state index contributed by atoms with van der Waals surface area (Å²) in [5, 5.41) is 8.04. The van der Waals surface area contributed by atoms with Crippen LogP contribution in [0.1, 0.15) is 43.5 Å². The van der Waals surface area contributed by atoms with Gasteiger partial charge in [0, 0.05) is 46.0 Å². The van der Waals surface area contributed by atoms with E-state index in [9.17, 15) is 0 Å². The topological polar surface area (TPSA) is 54.7 Å². The quantitative estimate of drug-likeness (QED) is 0.341. The number of guanidine groups is 1. The zero-order chi connectivity index (χ0) is 19.8. The van der Waals surface area contributed by atoms with E-state index < -0.39 is 0 Å². The first-order chi connectivity index (χ1) is 12.9. The number of halogens is 1. The molecule has 0 aliphatic carbocycles. The highest BCUT2D eigenvalue weighted by Crippen LogP contribution is 2.18. The molecule has 0 aliphatic rings. The van der Waals surface area contributed by atoms with Crippen LogP contribution in [0.2, 0.25) is 0 Å². The van der Waals surface area contributed by atoms with Gasteiger partial charge in [-0.25, -0.2) is 0 Å². The summed E-state index contributed by atoms with van der Waals surface area (Å²) in [5.41, 5.74) is 3.64. The van der Waals surface area contributed by atoms with Crippen molar-refractivity contribution in [1.82, 2.24) is 20.0 Å². The zero-order valence-corrected chi connectivity index (χ0v) is 20.2. The van der Waals surface area contributed by atoms with E-state index in [0.29, 0.717) is 12.5 Å². The lowest BCUT2D eigenvalue weighted by Crippen LogP contribution is -2.39. The number of aryl methyl sites for hydroxylation is 1. The molecule has 0 amide bonds. The average Bonchev–Trinajstić information content (AvgIpc) is 3.00. The minimum Gasteiger partial charge on any atom is -0.494 e. The van der Waals surface area contributed by atoms with Crippen molar-refractivity contribution in [3.8, 4) is 5.75 Å². The van der Waals surface area contributed by atoms with Gasteiger partial charge < -0.3 is 15.0 Å². The molecule has 1 heterocycles. The van der Waals surface area contributed by atoms with Crippen molar-refractivity contribution < 1.29 is 4.74 Å². The van der Waals surface area contributed by atoms with Gasteiger partial charge in [-0.2, -0.15) is 5.10 Å². The van der Waals surface area contributed by atoms with Crippen LogP contribution < -0.4 is 10.1 Å². The lowest BCUT2D eigenvalue weighted by atomic mass is 10.1. The Morgan fingerprint density at radius 3 is 2.75 bits per heavy atom. The van der Waals surface area contributed by atoms with Gasteiger partial charge in [-0.05, 0) is 37.0 Å². The lowest BCUT2D eigenvalue weighted by Gasteiger charge is -2.22. The monoisotopic (exact) mass is 499 g/mol. The fourth-order valence-corrected chi connectivity index (χ4v) is 3.15. The lowest BCUT2D eigenvalue weighted by molar-refractivity contribution is 0.340. The molecule has 0 saturated heterocycles. The summed E-state index contributed by atoms with van der Waals surface area (Å²) in [6, 6.07) is 8.26. The van der Waals surface area contributed by atoms with Crippen LogP contribution in [0.25, 0.3) is 0 Å². The summed E-state index contributed by atoms with van der Waals surface area (Å²) in [7, 11) is 5.85. The SMILES string of the molecule is CCOc1cccc(CCNC(=NC)N(C)Cc2cn(C)nc2C(C)C)c1.I. The van der Waals surface area contributed by atoms with Crippen LogP contribution in [0.3, 0.4) is 0 Å². The standard InChI is InChI=1S/C21H33N5O.HI/c1-7-27-19-10-8-9-17(13-19)11-12-23-21(22-4)25(5)14-18-15-26(6)24-20(18)16(2)3;/h8-10,13,15-16H,7,11-12,14H2,1-6H3,(H,22,23);1H. The number of benzene rings is 1. The van der Waals surface area contributed by atoms with Crippen LogP contribution in [0, 0.1) is 0 Å². The van der Waals surface area contributed by atoms with E-state index >= 15 is 0 Å². The first-order valence-corrected chi connectivity index (χ1v) is 9.60. The summed E-state index contributed by atoms with van der Waals surface area (Å²) < 4.78 is 7.46. The molecule has 156 valence electrons. The average molecular weight is 499 g/mol. The predicted octanol–water partition coefficient (Wildman–Crippen LogP) is 3.81. The molecule has 1 aromatic heterocycles. The van der Waals surface area contributed by atoms with Crippen molar-refractivity contribution >= 4 is 29.9 Å². The smallest absolute Gasteiger partial charge is 0.193 e. The van der Waals surface area contributed by atoms with E-state index in [1.807, 2.05) is 37.8 Å². The van der Waals surface area contributed by atoms with Crippen LogP contribution in [0.4, 0.5) is 0 Å². The first kappa shape index (κ1) is 24.3. The second-order valence-electron chi connectivity index (χ2n) is 7.03. The number of nitrogens with one attached hydrogen (secondary N) is 1. The number of hydrogen-bond donors (Lipinski definition) is 1. The predicted molar refractivity (Wildman–Crippen MR) is 127 cm³/mol. The summed E-state index contributed by atoms with van der Waals surface area (Å²) in [4.78, 5) is 6.56. The highest BCUT2D eigenvalue weighted by atomic mass is 127. The van der Waals surface area contributed by atoms with Crippen LogP contribution in [-0.4, -0.2) is 47.9 Å². The Kier molecular flexibility index (Phi) is 10.3. The van der Waals surface area contributed by atoms with E-state index in [4.69, 9.17) is 4.74 Å². The maximum Gasteiger partial charge on any atom is 0.193 e. The highest BCUT2D eigenvalue weighted by Gasteiger charge is 2.15. The molecular weight excluding hydrogens is 465 g/mol. The van der Waals surface area contributed by atoms with Gasteiger partial charge in [-0.15, -0.1) is 24.0 Å². The third kappa shape index (κ3) is 7.00. The van der Waals surface area contributed by atoms with Gasteiger partial charge in [-0.3, -0.25) is 9.67 Å². The Labute approximate surface area is 186 Å². The van der Waals surface area contributed by atoms with Crippen molar-refractivity contribution in [3.05, 3.63) is 47.3 Å². The van der Waals surface area contributed by atoms with E-state index in [1.165, 1.54) is 11.1 Å². The summed E-state index contributed by atoms with van der Waals surface area (Å²) in [5.74, 6) is 2.21. The Hall–Kier alpha value is -1.77. The van der Waals surface area contributed by atoms with Crippen LogP contribution in [0.15, 0.2) is 35.5 Å². The van der Waals surface area contributed by atoms with Crippen molar-refractivity contribution in [2.75, 3.05) is 27.2 Å². The second-order valence-corrected chi connectivity index (χ2v) is 7.03. The molecule has 0 fully saturated rings. The van der Waals surface area contributed by atoms with E-state index in [-0.39, 0.29) is 24.0 Å². The molecule has 0 spiro atoms. The summed E-state index contributed by atoms with van der Waals surface area (Å²) >= 11 is 0. The number of aliphatic imine (C=N–C) groups is 1. The molecule has 0 radical (unpaired) electrons. The van der Waals surface area contributed by atoms with Gasteiger partial charge in [0.25, 0.3) is 0 Å². The van der Waals surface area contributed by atoms with Gasteiger partial charge >= 0.3 is 0 Å². The molecule has 7 heteroatoms.